The maximum absolute atomic E-state index is 4.40. The van der Waals surface area contributed by atoms with Gasteiger partial charge in [-0.2, -0.15) is 5.10 Å². The molecule has 0 bridgehead atoms. The van der Waals surface area contributed by atoms with Crippen LogP contribution in [0.5, 0.6) is 0 Å². The molecule has 0 atom stereocenters. The lowest BCUT2D eigenvalue weighted by molar-refractivity contribution is 0.266. The van der Waals surface area contributed by atoms with Crippen molar-refractivity contribution in [3.63, 3.8) is 0 Å². The van der Waals surface area contributed by atoms with Gasteiger partial charge in [-0.3, -0.25) is 10.00 Å². The average molecular weight is 425 g/mol. The summed E-state index contributed by atoms with van der Waals surface area (Å²) >= 11 is 0. The number of rotatable bonds is 10. The molecule has 2 aromatic carbocycles. The summed E-state index contributed by atoms with van der Waals surface area (Å²) in [6.45, 7) is 7.84. The lowest BCUT2D eigenvalue weighted by atomic mass is 10.1. The second-order valence-electron chi connectivity index (χ2n) is 8.26. The number of hydrogen-bond donors (Lipinski definition) is 2. The van der Waals surface area contributed by atoms with Gasteiger partial charge in [0.25, 0.3) is 0 Å². The van der Waals surface area contributed by atoms with E-state index in [2.05, 4.69) is 107 Å². The van der Waals surface area contributed by atoms with Crippen LogP contribution in [0.15, 0.2) is 60.8 Å². The van der Waals surface area contributed by atoms with Crippen LogP contribution in [0.4, 0.5) is 0 Å². The number of aromatic amines is 2. The zero-order valence-corrected chi connectivity index (χ0v) is 19.0. The molecule has 0 saturated carbocycles. The first kappa shape index (κ1) is 21.8. The van der Waals surface area contributed by atoms with Crippen LogP contribution in [0.1, 0.15) is 54.8 Å². The number of nitrogens with zero attached hydrogens (tertiary/aromatic N) is 2. The van der Waals surface area contributed by atoms with Crippen molar-refractivity contribution >= 4 is 35.2 Å². The summed E-state index contributed by atoms with van der Waals surface area (Å²) in [5, 5.41) is 8.73. The maximum atomic E-state index is 4.40. The zero-order chi connectivity index (χ0) is 22.2. The number of hydrogen-bond acceptors (Lipinski definition) is 2. The highest BCUT2D eigenvalue weighted by Gasteiger charge is 2.04. The molecule has 2 heterocycles. The number of aromatic nitrogens is 3. The highest BCUT2D eigenvalue weighted by atomic mass is 15.1. The van der Waals surface area contributed by atoms with Gasteiger partial charge in [-0.25, -0.2) is 0 Å². The first-order chi connectivity index (χ1) is 15.7. The topological polar surface area (TPSA) is 47.7 Å². The third kappa shape index (κ3) is 5.86. The zero-order valence-electron chi connectivity index (χ0n) is 19.0. The molecule has 0 fully saturated rings. The monoisotopic (exact) mass is 424 g/mol. The summed E-state index contributed by atoms with van der Waals surface area (Å²) in [7, 11) is 0. The lowest BCUT2D eigenvalue weighted by Gasteiger charge is -2.20. The molecule has 0 unspecified atom stereocenters. The molecule has 0 aliphatic rings. The van der Waals surface area contributed by atoms with Crippen molar-refractivity contribution in [3.05, 3.63) is 88.9 Å². The molecular formula is C28H32N4. The highest BCUT2D eigenvalue weighted by Crippen LogP contribution is 2.17. The van der Waals surface area contributed by atoms with Crippen molar-refractivity contribution in [1.29, 1.82) is 0 Å². The molecule has 0 saturated heterocycles. The molecule has 4 heteroatoms. The second-order valence-corrected chi connectivity index (χ2v) is 8.26. The van der Waals surface area contributed by atoms with Crippen molar-refractivity contribution in [1.82, 2.24) is 20.1 Å². The van der Waals surface area contributed by atoms with E-state index in [0.29, 0.717) is 0 Å². The van der Waals surface area contributed by atoms with Crippen LogP contribution in [0.25, 0.3) is 35.2 Å². The van der Waals surface area contributed by atoms with Gasteiger partial charge in [-0.1, -0.05) is 62.4 Å². The van der Waals surface area contributed by atoms with E-state index >= 15 is 0 Å². The molecule has 0 spiro atoms. The van der Waals surface area contributed by atoms with Crippen LogP contribution < -0.4 is 0 Å². The molecule has 4 aromatic rings. The Balaban J connectivity index is 1.35. The van der Waals surface area contributed by atoms with Crippen LogP contribution in [0, 0.1) is 0 Å². The molecule has 4 rings (SSSR count). The fourth-order valence-corrected chi connectivity index (χ4v) is 3.96. The first-order valence-electron chi connectivity index (χ1n) is 11.5. The highest BCUT2D eigenvalue weighted by molar-refractivity contribution is 5.83. The van der Waals surface area contributed by atoms with E-state index < -0.39 is 0 Å². The Morgan fingerprint density at radius 3 is 2.34 bits per heavy atom. The average Bonchev–Trinajstić information content (AvgIpc) is 3.46. The van der Waals surface area contributed by atoms with E-state index in [1.165, 1.54) is 29.4 Å². The standard InChI is InChI=1S/C28H32N4/c1-3-17-32(18-4-2)21-24-7-5-22(6-8-24)10-13-26-20-27(31-30-26)14-11-23-9-12-25-15-16-29-28(25)19-23/h5-16,19-20,29H,3-4,17-18,21H2,1-2H3,(H,30,31)/b13-10+,14-11+. The van der Waals surface area contributed by atoms with Gasteiger partial charge in [0.15, 0.2) is 0 Å². The molecule has 2 N–H and O–H groups in total. The van der Waals surface area contributed by atoms with E-state index in [1.807, 2.05) is 12.3 Å². The van der Waals surface area contributed by atoms with Crippen LogP contribution in [-0.4, -0.2) is 33.2 Å². The molecule has 0 radical (unpaired) electrons. The third-order valence-electron chi connectivity index (χ3n) is 5.56. The van der Waals surface area contributed by atoms with Crippen LogP contribution in [0.2, 0.25) is 0 Å². The maximum Gasteiger partial charge on any atom is 0.0854 e. The number of benzene rings is 2. The van der Waals surface area contributed by atoms with Crippen molar-refractivity contribution in [2.24, 2.45) is 0 Å². The molecule has 0 amide bonds. The van der Waals surface area contributed by atoms with Gasteiger partial charge in [0.2, 0.25) is 0 Å². The predicted molar refractivity (Wildman–Crippen MR) is 137 cm³/mol. The number of H-pyrrole nitrogens is 2. The van der Waals surface area contributed by atoms with E-state index in [9.17, 15) is 0 Å². The summed E-state index contributed by atoms with van der Waals surface area (Å²) in [4.78, 5) is 5.78. The Bertz CT molecular complexity index is 1170. The lowest BCUT2D eigenvalue weighted by Crippen LogP contribution is -2.24. The molecule has 32 heavy (non-hydrogen) atoms. The number of nitrogens with one attached hydrogen (secondary N) is 2. The Hall–Kier alpha value is -3.37. The molecule has 0 aliphatic carbocycles. The Kier molecular flexibility index (Phi) is 7.36. The summed E-state index contributed by atoms with van der Waals surface area (Å²) in [5.74, 6) is 0. The van der Waals surface area contributed by atoms with Gasteiger partial charge >= 0.3 is 0 Å². The van der Waals surface area contributed by atoms with Crippen molar-refractivity contribution in [3.8, 4) is 0 Å². The molecule has 164 valence electrons. The fourth-order valence-electron chi connectivity index (χ4n) is 3.96. The van der Waals surface area contributed by atoms with Gasteiger partial charge in [-0.05, 0) is 78.4 Å². The summed E-state index contributed by atoms with van der Waals surface area (Å²) in [5.41, 5.74) is 6.76. The van der Waals surface area contributed by atoms with Crippen molar-refractivity contribution in [2.45, 2.75) is 33.2 Å². The Labute approximate surface area is 190 Å². The molecule has 0 aliphatic heterocycles. The van der Waals surface area contributed by atoms with Gasteiger partial charge in [-0.15, -0.1) is 0 Å². The Morgan fingerprint density at radius 2 is 1.56 bits per heavy atom. The fraction of sp³-hybridized carbons (Fsp3) is 0.250. The number of fused-ring (bicyclic) bond motifs is 1. The molecule has 4 nitrogen and oxygen atoms in total. The predicted octanol–water partition coefficient (Wildman–Crippen LogP) is 6.85. The summed E-state index contributed by atoms with van der Waals surface area (Å²) in [6.07, 6.45) is 12.7. The molecule has 2 aromatic heterocycles. The van der Waals surface area contributed by atoms with Crippen LogP contribution in [-0.2, 0) is 6.54 Å². The Morgan fingerprint density at radius 1 is 0.812 bits per heavy atom. The van der Waals surface area contributed by atoms with E-state index in [1.54, 1.807) is 0 Å². The SMILES string of the molecule is CCCN(CCC)Cc1ccc(/C=C/c2cc(/C=C/c3ccc4cc[nH]c4c3)n[nH]2)cc1. The van der Waals surface area contributed by atoms with Crippen LogP contribution in [0.3, 0.4) is 0 Å². The van der Waals surface area contributed by atoms with E-state index in [4.69, 9.17) is 0 Å². The van der Waals surface area contributed by atoms with Gasteiger partial charge in [0, 0.05) is 18.3 Å². The van der Waals surface area contributed by atoms with Gasteiger partial charge in [0.1, 0.15) is 0 Å². The minimum Gasteiger partial charge on any atom is -0.361 e. The minimum absolute atomic E-state index is 0.915. The third-order valence-corrected chi connectivity index (χ3v) is 5.56. The minimum atomic E-state index is 0.915. The summed E-state index contributed by atoms with van der Waals surface area (Å²) < 4.78 is 0. The van der Waals surface area contributed by atoms with Crippen molar-refractivity contribution < 1.29 is 0 Å². The van der Waals surface area contributed by atoms with E-state index in [-0.39, 0.29) is 0 Å². The normalized spacial score (nSPS) is 12.1. The quantitative estimate of drug-likeness (QED) is 0.292. The van der Waals surface area contributed by atoms with Gasteiger partial charge < -0.3 is 4.98 Å². The molecular weight excluding hydrogens is 392 g/mol. The summed E-state index contributed by atoms with van der Waals surface area (Å²) in [6, 6.07) is 19.4. The smallest absolute Gasteiger partial charge is 0.0854 e. The van der Waals surface area contributed by atoms with Crippen LogP contribution >= 0.6 is 0 Å². The first-order valence-corrected chi connectivity index (χ1v) is 11.5. The largest absolute Gasteiger partial charge is 0.361 e. The van der Waals surface area contributed by atoms with E-state index in [0.717, 1.165) is 42.1 Å². The van der Waals surface area contributed by atoms with Crippen molar-refractivity contribution in [2.75, 3.05) is 13.1 Å². The second kappa shape index (κ2) is 10.8. The van der Waals surface area contributed by atoms with Gasteiger partial charge in [0.05, 0.1) is 11.4 Å².